The predicted molar refractivity (Wildman–Crippen MR) is 74.2 cm³/mol. The number of rotatable bonds is 5. The Morgan fingerprint density at radius 1 is 1.21 bits per heavy atom. The van der Waals surface area contributed by atoms with Crippen molar-refractivity contribution in [3.05, 3.63) is 58.6 Å². The molecule has 19 heavy (non-hydrogen) atoms. The number of halogens is 1. The summed E-state index contributed by atoms with van der Waals surface area (Å²) in [6.07, 6.45) is 0.750. The van der Waals surface area contributed by atoms with Crippen molar-refractivity contribution in [2.24, 2.45) is 0 Å². The van der Waals surface area contributed by atoms with E-state index in [0.29, 0.717) is 28.7 Å². The third kappa shape index (κ3) is 3.48. The normalized spacial score (nSPS) is 10.0. The average molecular weight is 277 g/mol. The van der Waals surface area contributed by atoms with Crippen LogP contribution in [0.3, 0.4) is 0 Å². The molecule has 0 amide bonds. The Kier molecular flexibility index (Phi) is 4.42. The molecule has 0 saturated heterocycles. The number of hydrogen-bond acceptors (Lipinski definition) is 3. The van der Waals surface area contributed by atoms with Gasteiger partial charge in [-0.15, -0.1) is 0 Å². The first-order valence-electron chi connectivity index (χ1n) is 5.73. The Bertz CT molecular complexity index is 581. The second-order valence-electron chi connectivity index (χ2n) is 3.94. The molecule has 2 aromatic rings. The lowest BCUT2D eigenvalue weighted by Gasteiger charge is -2.09. The molecular formula is C15H13ClO3. The van der Waals surface area contributed by atoms with Crippen LogP contribution < -0.4 is 9.47 Å². The quantitative estimate of drug-likeness (QED) is 0.781. The van der Waals surface area contributed by atoms with E-state index in [9.17, 15) is 4.79 Å². The minimum Gasteiger partial charge on any atom is -0.496 e. The van der Waals surface area contributed by atoms with E-state index in [0.717, 1.165) is 11.8 Å². The molecule has 2 rings (SSSR count). The van der Waals surface area contributed by atoms with Gasteiger partial charge in [-0.3, -0.25) is 4.79 Å². The maximum absolute atomic E-state index is 10.8. The van der Waals surface area contributed by atoms with Crippen molar-refractivity contribution in [2.45, 2.75) is 6.61 Å². The van der Waals surface area contributed by atoms with E-state index >= 15 is 0 Å². The van der Waals surface area contributed by atoms with Gasteiger partial charge in [0.15, 0.2) is 6.29 Å². The van der Waals surface area contributed by atoms with Crippen molar-refractivity contribution >= 4 is 17.9 Å². The molecular weight excluding hydrogens is 264 g/mol. The number of benzene rings is 2. The number of hydrogen-bond donors (Lipinski definition) is 0. The zero-order valence-electron chi connectivity index (χ0n) is 10.4. The largest absolute Gasteiger partial charge is 0.496 e. The number of methoxy groups -OCH3 is 1. The summed E-state index contributed by atoms with van der Waals surface area (Å²) in [5, 5.41) is 0.676. The van der Waals surface area contributed by atoms with Gasteiger partial charge in [-0.2, -0.15) is 0 Å². The fourth-order valence-electron chi connectivity index (χ4n) is 1.67. The molecule has 0 bridgehead atoms. The van der Waals surface area contributed by atoms with E-state index in [4.69, 9.17) is 21.1 Å². The summed E-state index contributed by atoms with van der Waals surface area (Å²) in [6, 6.07) is 12.6. The van der Waals surface area contributed by atoms with Gasteiger partial charge in [-0.25, -0.2) is 0 Å². The SMILES string of the molecule is COc1cc(OCc2cccc(Cl)c2)ccc1C=O. The van der Waals surface area contributed by atoms with Gasteiger partial charge >= 0.3 is 0 Å². The molecule has 0 heterocycles. The Morgan fingerprint density at radius 2 is 2.05 bits per heavy atom. The molecule has 0 aromatic heterocycles. The van der Waals surface area contributed by atoms with Gasteiger partial charge in [-0.05, 0) is 29.8 Å². The van der Waals surface area contributed by atoms with Crippen LogP contribution in [0.2, 0.25) is 5.02 Å². The van der Waals surface area contributed by atoms with Crippen molar-refractivity contribution in [3.63, 3.8) is 0 Å². The first-order chi connectivity index (χ1) is 9.22. The van der Waals surface area contributed by atoms with E-state index in [1.54, 1.807) is 18.2 Å². The third-order valence-corrected chi connectivity index (χ3v) is 2.86. The maximum atomic E-state index is 10.8. The molecule has 0 N–H and O–H groups in total. The van der Waals surface area contributed by atoms with Crippen LogP contribution in [0.15, 0.2) is 42.5 Å². The van der Waals surface area contributed by atoms with E-state index in [1.807, 2.05) is 24.3 Å². The van der Waals surface area contributed by atoms with Gasteiger partial charge in [0, 0.05) is 11.1 Å². The molecule has 0 aliphatic heterocycles. The number of carbonyl (C=O) groups excluding carboxylic acids is 1. The van der Waals surface area contributed by atoms with Gasteiger partial charge < -0.3 is 9.47 Å². The second-order valence-corrected chi connectivity index (χ2v) is 4.38. The molecule has 98 valence electrons. The highest BCUT2D eigenvalue weighted by Gasteiger charge is 2.04. The zero-order valence-corrected chi connectivity index (χ0v) is 11.2. The van der Waals surface area contributed by atoms with Crippen molar-refractivity contribution in [3.8, 4) is 11.5 Å². The highest BCUT2D eigenvalue weighted by molar-refractivity contribution is 6.30. The second kappa shape index (κ2) is 6.25. The van der Waals surface area contributed by atoms with Crippen LogP contribution in [0.1, 0.15) is 15.9 Å². The summed E-state index contributed by atoms with van der Waals surface area (Å²) in [5.74, 6) is 1.14. The van der Waals surface area contributed by atoms with Gasteiger partial charge in [-0.1, -0.05) is 23.7 Å². The van der Waals surface area contributed by atoms with Gasteiger partial charge in [0.25, 0.3) is 0 Å². The molecule has 0 spiro atoms. The lowest BCUT2D eigenvalue weighted by atomic mass is 10.2. The zero-order chi connectivity index (χ0) is 13.7. The lowest BCUT2D eigenvalue weighted by molar-refractivity contribution is 0.112. The predicted octanol–water partition coefficient (Wildman–Crippen LogP) is 3.74. The van der Waals surface area contributed by atoms with Gasteiger partial charge in [0.05, 0.1) is 12.7 Å². The van der Waals surface area contributed by atoms with Gasteiger partial charge in [0.2, 0.25) is 0 Å². The molecule has 0 aliphatic rings. The molecule has 0 atom stereocenters. The topological polar surface area (TPSA) is 35.5 Å². The monoisotopic (exact) mass is 276 g/mol. The summed E-state index contributed by atoms with van der Waals surface area (Å²) < 4.78 is 10.8. The van der Waals surface area contributed by atoms with Crippen molar-refractivity contribution in [1.82, 2.24) is 0 Å². The fourth-order valence-corrected chi connectivity index (χ4v) is 1.88. The van der Waals surface area contributed by atoms with Crippen LogP contribution in [-0.4, -0.2) is 13.4 Å². The summed E-state index contributed by atoms with van der Waals surface area (Å²) in [7, 11) is 1.52. The first-order valence-corrected chi connectivity index (χ1v) is 6.11. The molecule has 3 nitrogen and oxygen atoms in total. The van der Waals surface area contributed by atoms with E-state index in [1.165, 1.54) is 7.11 Å². The maximum Gasteiger partial charge on any atom is 0.153 e. The van der Waals surface area contributed by atoms with Crippen LogP contribution in [0.5, 0.6) is 11.5 Å². The third-order valence-electron chi connectivity index (χ3n) is 2.63. The molecule has 0 unspecified atom stereocenters. The Balaban J connectivity index is 2.09. The summed E-state index contributed by atoms with van der Waals surface area (Å²) in [6.45, 7) is 0.407. The van der Waals surface area contributed by atoms with Crippen LogP contribution in [0.4, 0.5) is 0 Å². The van der Waals surface area contributed by atoms with E-state index < -0.39 is 0 Å². The molecule has 0 aliphatic carbocycles. The van der Waals surface area contributed by atoms with Crippen molar-refractivity contribution in [1.29, 1.82) is 0 Å². The number of aldehydes is 1. The summed E-state index contributed by atoms with van der Waals surface area (Å²) in [4.78, 5) is 10.8. The Labute approximate surface area is 116 Å². The molecule has 2 aromatic carbocycles. The lowest BCUT2D eigenvalue weighted by Crippen LogP contribution is -1.97. The fraction of sp³-hybridized carbons (Fsp3) is 0.133. The van der Waals surface area contributed by atoms with Crippen molar-refractivity contribution in [2.75, 3.05) is 7.11 Å². The van der Waals surface area contributed by atoms with E-state index in [-0.39, 0.29) is 0 Å². The molecule has 4 heteroatoms. The average Bonchev–Trinajstić information content (AvgIpc) is 2.45. The highest BCUT2D eigenvalue weighted by atomic mass is 35.5. The van der Waals surface area contributed by atoms with Gasteiger partial charge in [0.1, 0.15) is 18.1 Å². The molecule has 0 fully saturated rings. The first kappa shape index (κ1) is 13.4. The minimum absolute atomic E-state index is 0.407. The van der Waals surface area contributed by atoms with Crippen LogP contribution in [-0.2, 0) is 6.61 Å². The highest BCUT2D eigenvalue weighted by Crippen LogP contribution is 2.24. The molecule has 0 radical (unpaired) electrons. The number of ether oxygens (including phenoxy) is 2. The smallest absolute Gasteiger partial charge is 0.153 e. The standard InChI is InChI=1S/C15H13ClO3/c1-18-15-8-14(6-5-12(15)9-17)19-10-11-3-2-4-13(16)7-11/h2-9H,10H2,1H3. The summed E-state index contributed by atoms with van der Waals surface area (Å²) >= 11 is 5.90. The van der Waals surface area contributed by atoms with Crippen LogP contribution in [0, 0.1) is 0 Å². The number of carbonyl (C=O) groups is 1. The molecule has 0 saturated carbocycles. The minimum atomic E-state index is 0.407. The summed E-state index contributed by atoms with van der Waals surface area (Å²) in [5.41, 5.74) is 1.48. The van der Waals surface area contributed by atoms with Crippen LogP contribution in [0.25, 0.3) is 0 Å². The van der Waals surface area contributed by atoms with Crippen molar-refractivity contribution < 1.29 is 14.3 Å². The Hall–Kier alpha value is -2.00. The Morgan fingerprint density at radius 3 is 2.74 bits per heavy atom. The van der Waals surface area contributed by atoms with Crippen LogP contribution >= 0.6 is 11.6 Å². The van der Waals surface area contributed by atoms with E-state index in [2.05, 4.69) is 0 Å².